The van der Waals surface area contributed by atoms with Crippen molar-refractivity contribution < 1.29 is 13.2 Å². The highest BCUT2D eigenvalue weighted by atomic mass is 32.2. The molecule has 1 fully saturated rings. The van der Waals surface area contributed by atoms with Crippen LogP contribution < -0.4 is 0 Å². The second-order valence-corrected chi connectivity index (χ2v) is 8.52. The first-order chi connectivity index (χ1) is 12.5. The summed E-state index contributed by atoms with van der Waals surface area (Å²) in [5.41, 5.74) is 1.58. The molecule has 1 amide bonds. The molecule has 0 spiro atoms. The predicted molar refractivity (Wildman–Crippen MR) is 97.5 cm³/mol. The maximum absolute atomic E-state index is 13.0. The molecule has 0 unspecified atom stereocenters. The molecule has 0 bridgehead atoms. The number of fused-ring (bicyclic) bond motifs is 1. The number of piperazine rings is 1. The number of amides is 1. The minimum atomic E-state index is -3.68. The van der Waals surface area contributed by atoms with Crippen LogP contribution in [0.2, 0.25) is 0 Å². The van der Waals surface area contributed by atoms with Crippen molar-refractivity contribution in [1.82, 2.24) is 22.5 Å². The summed E-state index contributed by atoms with van der Waals surface area (Å²) in [6.07, 6.45) is 1.82. The maximum atomic E-state index is 13.0. The Kier molecular flexibility index (Phi) is 4.25. The number of aryl methyl sites for hydroxylation is 1. The Morgan fingerprint density at radius 3 is 2.54 bits per heavy atom. The molecular weight excluding hydrogens is 374 g/mol. The van der Waals surface area contributed by atoms with E-state index in [1.165, 1.54) is 4.31 Å². The number of rotatable bonds is 3. The zero-order valence-corrected chi connectivity index (χ0v) is 15.7. The van der Waals surface area contributed by atoms with Crippen molar-refractivity contribution in [3.05, 3.63) is 42.2 Å². The first kappa shape index (κ1) is 17.1. The Morgan fingerprint density at radius 2 is 1.85 bits per heavy atom. The molecule has 0 radical (unpaired) electrons. The summed E-state index contributed by atoms with van der Waals surface area (Å²) in [5, 5.41) is 0. The average Bonchev–Trinajstić information content (AvgIpc) is 3.29. The predicted octanol–water partition coefficient (Wildman–Crippen LogP) is 1.18. The first-order valence-electron chi connectivity index (χ1n) is 8.10. The summed E-state index contributed by atoms with van der Waals surface area (Å²) < 4.78 is 37.4. The van der Waals surface area contributed by atoms with E-state index in [9.17, 15) is 13.2 Å². The summed E-state index contributed by atoms with van der Waals surface area (Å²) in [7, 11) is -1.86. The molecule has 3 heterocycles. The molecule has 2 aromatic heterocycles. The number of benzene rings is 1. The largest absolute Gasteiger partial charge is 0.347 e. The van der Waals surface area contributed by atoms with Crippen LogP contribution in [0.25, 0.3) is 11.0 Å². The quantitative estimate of drug-likeness (QED) is 0.669. The van der Waals surface area contributed by atoms with E-state index >= 15 is 0 Å². The molecule has 8 nitrogen and oxygen atoms in total. The van der Waals surface area contributed by atoms with Crippen LogP contribution >= 0.6 is 11.7 Å². The van der Waals surface area contributed by atoms with E-state index in [0.717, 1.165) is 11.7 Å². The van der Waals surface area contributed by atoms with Gasteiger partial charge >= 0.3 is 0 Å². The summed E-state index contributed by atoms with van der Waals surface area (Å²) in [4.78, 5) is 14.4. The van der Waals surface area contributed by atoms with Crippen LogP contribution in [0.1, 0.15) is 10.5 Å². The number of nitrogens with zero attached hydrogens (tertiary/aromatic N) is 5. The van der Waals surface area contributed by atoms with Gasteiger partial charge in [0.1, 0.15) is 21.6 Å². The van der Waals surface area contributed by atoms with E-state index in [1.54, 1.807) is 33.7 Å². The van der Waals surface area contributed by atoms with Crippen LogP contribution in [0, 0.1) is 0 Å². The van der Waals surface area contributed by atoms with Gasteiger partial charge in [0.15, 0.2) is 0 Å². The van der Waals surface area contributed by atoms with Crippen LogP contribution in [0.4, 0.5) is 0 Å². The first-order valence-corrected chi connectivity index (χ1v) is 10.3. The molecule has 0 saturated carbocycles. The molecule has 10 heteroatoms. The van der Waals surface area contributed by atoms with Gasteiger partial charge in [0.2, 0.25) is 10.0 Å². The Morgan fingerprint density at radius 1 is 1.08 bits per heavy atom. The Balaban J connectivity index is 1.53. The number of aromatic nitrogens is 3. The van der Waals surface area contributed by atoms with Crippen LogP contribution in [0.15, 0.2) is 41.4 Å². The van der Waals surface area contributed by atoms with Gasteiger partial charge in [0, 0.05) is 39.4 Å². The zero-order chi connectivity index (χ0) is 18.3. The number of hydrogen-bond acceptors (Lipinski definition) is 6. The second-order valence-electron chi connectivity index (χ2n) is 6.09. The average molecular weight is 391 g/mol. The highest BCUT2D eigenvalue weighted by Gasteiger charge is 2.32. The summed E-state index contributed by atoms with van der Waals surface area (Å²) >= 11 is 0.996. The lowest BCUT2D eigenvalue weighted by molar-refractivity contribution is 0.0688. The maximum Gasteiger partial charge on any atom is 0.270 e. The van der Waals surface area contributed by atoms with Gasteiger partial charge in [-0.1, -0.05) is 6.07 Å². The Bertz CT molecular complexity index is 1060. The molecule has 0 N–H and O–H groups in total. The van der Waals surface area contributed by atoms with Gasteiger partial charge in [-0.3, -0.25) is 4.79 Å². The van der Waals surface area contributed by atoms with Crippen molar-refractivity contribution >= 4 is 38.7 Å². The minimum absolute atomic E-state index is 0.0830. The molecule has 4 rings (SSSR count). The number of hydrogen-bond donors (Lipinski definition) is 0. The zero-order valence-electron chi connectivity index (χ0n) is 14.1. The Hall–Kier alpha value is -2.30. The standard InChI is InChI=1S/C16H17N5O3S2/c1-19-7-3-5-13(19)16(22)20-8-10-21(11-9-20)26(23,24)14-6-2-4-12-15(14)18-25-17-12/h2-7H,8-11H2,1H3. The fourth-order valence-corrected chi connectivity index (χ4v) is 5.28. The third-order valence-electron chi connectivity index (χ3n) is 4.56. The smallest absolute Gasteiger partial charge is 0.270 e. The highest BCUT2D eigenvalue weighted by Crippen LogP contribution is 2.25. The molecule has 1 saturated heterocycles. The fraction of sp³-hybridized carbons (Fsp3) is 0.312. The van der Waals surface area contributed by atoms with E-state index in [-0.39, 0.29) is 23.9 Å². The SMILES string of the molecule is Cn1cccc1C(=O)N1CCN(S(=O)(=O)c2cccc3nsnc23)CC1. The van der Waals surface area contributed by atoms with Gasteiger partial charge < -0.3 is 9.47 Å². The molecule has 1 aliphatic heterocycles. The van der Waals surface area contributed by atoms with E-state index in [0.29, 0.717) is 29.8 Å². The van der Waals surface area contributed by atoms with Crippen LogP contribution in [0.3, 0.4) is 0 Å². The van der Waals surface area contributed by atoms with Crippen molar-refractivity contribution in [3.8, 4) is 0 Å². The summed E-state index contributed by atoms with van der Waals surface area (Å²) in [6, 6.07) is 8.55. The summed E-state index contributed by atoms with van der Waals surface area (Å²) in [5.74, 6) is -0.0830. The van der Waals surface area contributed by atoms with E-state index in [4.69, 9.17) is 0 Å². The van der Waals surface area contributed by atoms with Gasteiger partial charge in [-0.2, -0.15) is 13.1 Å². The van der Waals surface area contributed by atoms with Crippen molar-refractivity contribution in [1.29, 1.82) is 0 Å². The van der Waals surface area contributed by atoms with Gasteiger partial charge in [-0.25, -0.2) is 8.42 Å². The monoisotopic (exact) mass is 391 g/mol. The molecule has 1 aliphatic rings. The topological polar surface area (TPSA) is 88.4 Å². The minimum Gasteiger partial charge on any atom is -0.347 e. The second kappa shape index (κ2) is 6.45. The van der Waals surface area contributed by atoms with Gasteiger partial charge in [0.05, 0.1) is 11.7 Å². The lowest BCUT2D eigenvalue weighted by Gasteiger charge is -2.34. The molecule has 1 aromatic carbocycles. The van der Waals surface area contributed by atoms with E-state index in [1.807, 2.05) is 19.3 Å². The van der Waals surface area contributed by atoms with Crippen molar-refractivity contribution in [2.24, 2.45) is 7.05 Å². The van der Waals surface area contributed by atoms with Gasteiger partial charge in [-0.05, 0) is 24.3 Å². The van der Waals surface area contributed by atoms with Crippen LogP contribution in [-0.2, 0) is 17.1 Å². The highest BCUT2D eigenvalue weighted by molar-refractivity contribution is 7.89. The molecule has 136 valence electrons. The van der Waals surface area contributed by atoms with Crippen molar-refractivity contribution in [2.45, 2.75) is 4.90 Å². The number of carbonyl (C=O) groups excluding carboxylic acids is 1. The van der Waals surface area contributed by atoms with Crippen LogP contribution in [-0.4, -0.2) is 63.0 Å². The van der Waals surface area contributed by atoms with Crippen molar-refractivity contribution in [2.75, 3.05) is 26.2 Å². The normalized spacial score (nSPS) is 16.3. The molecule has 3 aromatic rings. The number of carbonyl (C=O) groups is 1. The van der Waals surface area contributed by atoms with Gasteiger partial charge in [-0.15, -0.1) is 0 Å². The Labute approximate surface area is 155 Å². The number of sulfonamides is 1. The van der Waals surface area contributed by atoms with E-state index < -0.39 is 10.0 Å². The van der Waals surface area contributed by atoms with E-state index in [2.05, 4.69) is 8.75 Å². The van der Waals surface area contributed by atoms with Gasteiger partial charge in [0.25, 0.3) is 5.91 Å². The lowest BCUT2D eigenvalue weighted by Crippen LogP contribution is -2.50. The fourth-order valence-electron chi connectivity index (χ4n) is 3.11. The van der Waals surface area contributed by atoms with Crippen molar-refractivity contribution in [3.63, 3.8) is 0 Å². The molecule has 26 heavy (non-hydrogen) atoms. The summed E-state index contributed by atoms with van der Waals surface area (Å²) in [6.45, 7) is 1.22. The van der Waals surface area contributed by atoms with Crippen LogP contribution in [0.5, 0.6) is 0 Å². The third kappa shape index (κ3) is 2.79. The third-order valence-corrected chi connectivity index (χ3v) is 7.03. The lowest BCUT2D eigenvalue weighted by atomic mass is 10.3. The molecule has 0 aliphatic carbocycles. The molecular formula is C16H17N5O3S2. The molecule has 0 atom stereocenters.